The van der Waals surface area contributed by atoms with Gasteiger partial charge in [0.2, 0.25) is 0 Å². The standard InChI is InChI=1S/C6H13NOS/c1-6-2-4-9(8)5-3-7-6/h6-7H,2-5H2,1H3. The molecule has 1 rings (SSSR count). The molecule has 54 valence electrons. The Morgan fingerprint density at radius 2 is 2.33 bits per heavy atom. The molecular formula is C6H13NOS. The first kappa shape index (κ1) is 7.22. The molecule has 3 heteroatoms. The van der Waals surface area contributed by atoms with Crippen molar-refractivity contribution >= 4 is 10.8 Å². The zero-order chi connectivity index (χ0) is 6.69. The second-order valence-corrected chi connectivity index (χ2v) is 4.19. The maximum atomic E-state index is 10.9. The van der Waals surface area contributed by atoms with Crippen molar-refractivity contribution in [3.63, 3.8) is 0 Å². The molecule has 1 saturated heterocycles. The zero-order valence-corrected chi connectivity index (χ0v) is 6.54. The van der Waals surface area contributed by atoms with Crippen LogP contribution in [0.1, 0.15) is 13.3 Å². The highest BCUT2D eigenvalue weighted by molar-refractivity contribution is 7.85. The normalized spacial score (nSPS) is 37.9. The SMILES string of the molecule is CC1CCS(=O)CCN1. The lowest BCUT2D eigenvalue weighted by atomic mass is 10.3. The van der Waals surface area contributed by atoms with Gasteiger partial charge in [-0.1, -0.05) is 0 Å². The maximum absolute atomic E-state index is 10.9. The van der Waals surface area contributed by atoms with Crippen LogP contribution in [-0.2, 0) is 10.8 Å². The molecule has 1 aliphatic rings. The fraction of sp³-hybridized carbons (Fsp3) is 1.00. The predicted molar refractivity (Wildman–Crippen MR) is 40.0 cm³/mol. The molecule has 0 radical (unpaired) electrons. The second kappa shape index (κ2) is 3.32. The van der Waals surface area contributed by atoms with Gasteiger partial charge in [0.25, 0.3) is 0 Å². The maximum Gasteiger partial charge on any atom is 0.0360 e. The van der Waals surface area contributed by atoms with Crippen LogP contribution >= 0.6 is 0 Å². The summed E-state index contributed by atoms with van der Waals surface area (Å²) in [5.41, 5.74) is 0. The summed E-state index contributed by atoms with van der Waals surface area (Å²) in [7, 11) is -0.541. The van der Waals surface area contributed by atoms with Gasteiger partial charge in [0.05, 0.1) is 0 Å². The largest absolute Gasteiger partial charge is 0.313 e. The van der Waals surface area contributed by atoms with Crippen LogP contribution in [0.5, 0.6) is 0 Å². The van der Waals surface area contributed by atoms with Crippen LogP contribution in [0.4, 0.5) is 0 Å². The first-order chi connectivity index (χ1) is 4.29. The van der Waals surface area contributed by atoms with Crippen molar-refractivity contribution < 1.29 is 4.21 Å². The van der Waals surface area contributed by atoms with E-state index < -0.39 is 10.8 Å². The van der Waals surface area contributed by atoms with Crippen LogP contribution < -0.4 is 5.32 Å². The molecule has 0 spiro atoms. The van der Waals surface area contributed by atoms with E-state index in [9.17, 15) is 4.21 Å². The Kier molecular flexibility index (Phi) is 2.66. The Morgan fingerprint density at radius 1 is 1.56 bits per heavy atom. The molecule has 1 aliphatic heterocycles. The molecule has 9 heavy (non-hydrogen) atoms. The molecule has 0 saturated carbocycles. The fourth-order valence-electron chi connectivity index (χ4n) is 0.932. The van der Waals surface area contributed by atoms with Crippen molar-refractivity contribution in [2.75, 3.05) is 18.1 Å². The van der Waals surface area contributed by atoms with Crippen LogP contribution in [-0.4, -0.2) is 28.3 Å². The Morgan fingerprint density at radius 3 is 3.11 bits per heavy atom. The lowest BCUT2D eigenvalue weighted by Gasteiger charge is -2.05. The number of hydrogen-bond acceptors (Lipinski definition) is 2. The Labute approximate surface area is 58.5 Å². The molecule has 0 aliphatic carbocycles. The third-order valence-electron chi connectivity index (χ3n) is 1.60. The lowest BCUT2D eigenvalue weighted by Crippen LogP contribution is -2.26. The molecule has 2 unspecified atom stereocenters. The topological polar surface area (TPSA) is 29.1 Å². The van der Waals surface area contributed by atoms with Crippen LogP contribution in [0, 0.1) is 0 Å². The highest BCUT2D eigenvalue weighted by Crippen LogP contribution is 1.97. The van der Waals surface area contributed by atoms with E-state index in [1.165, 1.54) is 0 Å². The minimum Gasteiger partial charge on any atom is -0.313 e. The summed E-state index contributed by atoms with van der Waals surface area (Å²) in [6, 6.07) is 0.566. The van der Waals surface area contributed by atoms with Crippen LogP contribution in [0.2, 0.25) is 0 Å². The van der Waals surface area contributed by atoms with E-state index in [1.807, 2.05) is 0 Å². The first-order valence-corrected chi connectivity index (χ1v) is 4.86. The Hall–Kier alpha value is 0.110. The van der Waals surface area contributed by atoms with E-state index in [0.717, 1.165) is 24.5 Å². The fourth-order valence-corrected chi connectivity index (χ4v) is 2.10. The van der Waals surface area contributed by atoms with Crippen molar-refractivity contribution in [3.05, 3.63) is 0 Å². The quantitative estimate of drug-likeness (QED) is 0.527. The predicted octanol–water partition coefficient (Wildman–Crippen LogP) is 0.117. The highest BCUT2D eigenvalue weighted by atomic mass is 32.2. The zero-order valence-electron chi connectivity index (χ0n) is 5.72. The summed E-state index contributed by atoms with van der Waals surface area (Å²) in [5, 5.41) is 3.28. The molecule has 1 heterocycles. The van der Waals surface area contributed by atoms with Crippen LogP contribution in [0.25, 0.3) is 0 Å². The van der Waals surface area contributed by atoms with Gasteiger partial charge in [0, 0.05) is 34.9 Å². The van der Waals surface area contributed by atoms with Gasteiger partial charge in [-0.2, -0.15) is 0 Å². The average Bonchev–Trinajstić information content (AvgIpc) is 1.97. The van der Waals surface area contributed by atoms with E-state index in [4.69, 9.17) is 0 Å². The van der Waals surface area contributed by atoms with Gasteiger partial charge in [0.15, 0.2) is 0 Å². The van der Waals surface area contributed by atoms with Crippen LogP contribution in [0.3, 0.4) is 0 Å². The lowest BCUT2D eigenvalue weighted by molar-refractivity contribution is 0.567. The average molecular weight is 147 g/mol. The van der Waals surface area contributed by atoms with Gasteiger partial charge < -0.3 is 5.32 Å². The van der Waals surface area contributed by atoms with Crippen molar-refractivity contribution in [2.24, 2.45) is 0 Å². The highest BCUT2D eigenvalue weighted by Gasteiger charge is 2.09. The molecule has 0 aromatic carbocycles. The van der Waals surface area contributed by atoms with Gasteiger partial charge in [-0.3, -0.25) is 4.21 Å². The van der Waals surface area contributed by atoms with E-state index in [0.29, 0.717) is 6.04 Å². The summed E-state index contributed by atoms with van der Waals surface area (Å²) in [4.78, 5) is 0. The van der Waals surface area contributed by atoms with Crippen molar-refractivity contribution in [2.45, 2.75) is 19.4 Å². The third-order valence-corrected chi connectivity index (χ3v) is 2.95. The van der Waals surface area contributed by atoms with Gasteiger partial charge >= 0.3 is 0 Å². The number of nitrogens with one attached hydrogen (secondary N) is 1. The van der Waals surface area contributed by atoms with E-state index in [-0.39, 0.29) is 0 Å². The van der Waals surface area contributed by atoms with Gasteiger partial charge in [-0.25, -0.2) is 0 Å². The molecule has 0 aromatic rings. The van der Waals surface area contributed by atoms with Crippen molar-refractivity contribution in [1.29, 1.82) is 0 Å². The molecule has 2 nitrogen and oxygen atoms in total. The van der Waals surface area contributed by atoms with Gasteiger partial charge in [-0.05, 0) is 13.3 Å². The van der Waals surface area contributed by atoms with E-state index >= 15 is 0 Å². The van der Waals surface area contributed by atoms with Crippen molar-refractivity contribution in [3.8, 4) is 0 Å². The monoisotopic (exact) mass is 147 g/mol. The van der Waals surface area contributed by atoms with Crippen LogP contribution in [0.15, 0.2) is 0 Å². The Balaban J connectivity index is 2.34. The molecule has 1 N–H and O–H groups in total. The molecule has 1 fully saturated rings. The van der Waals surface area contributed by atoms with Gasteiger partial charge in [-0.15, -0.1) is 0 Å². The van der Waals surface area contributed by atoms with E-state index in [2.05, 4.69) is 12.2 Å². The second-order valence-electron chi connectivity index (χ2n) is 2.49. The summed E-state index contributed by atoms with van der Waals surface area (Å²) >= 11 is 0. The third kappa shape index (κ3) is 2.45. The summed E-state index contributed by atoms with van der Waals surface area (Å²) < 4.78 is 10.9. The number of rotatable bonds is 0. The Bertz CT molecular complexity index is 116. The summed E-state index contributed by atoms with van der Waals surface area (Å²) in [6.07, 6.45) is 1.06. The summed E-state index contributed by atoms with van der Waals surface area (Å²) in [5.74, 6) is 1.72. The molecule has 2 atom stereocenters. The smallest absolute Gasteiger partial charge is 0.0360 e. The molecule has 0 bridgehead atoms. The van der Waals surface area contributed by atoms with Crippen molar-refractivity contribution in [1.82, 2.24) is 5.32 Å². The molecule has 0 amide bonds. The first-order valence-electron chi connectivity index (χ1n) is 3.37. The molecule has 0 aromatic heterocycles. The van der Waals surface area contributed by atoms with Gasteiger partial charge in [0.1, 0.15) is 0 Å². The number of hydrogen-bond donors (Lipinski definition) is 1. The van der Waals surface area contributed by atoms with E-state index in [1.54, 1.807) is 0 Å². The molecular weight excluding hydrogens is 134 g/mol. The minimum absolute atomic E-state index is 0.541. The minimum atomic E-state index is -0.541. The summed E-state index contributed by atoms with van der Waals surface area (Å²) in [6.45, 7) is 3.07.